The first-order valence-corrected chi connectivity index (χ1v) is 1.32. The first-order chi connectivity index (χ1) is 1.91. The van der Waals surface area contributed by atoms with E-state index in [1.807, 2.05) is 0 Å². The van der Waals surface area contributed by atoms with Crippen molar-refractivity contribution in [2.75, 3.05) is 13.1 Å². The Balaban J connectivity index is -0.00000000450. The summed E-state index contributed by atoms with van der Waals surface area (Å²) in [4.78, 5) is 0. The second kappa shape index (κ2) is 15.7. The van der Waals surface area contributed by atoms with E-state index in [1.54, 1.807) is 0 Å². The van der Waals surface area contributed by atoms with Gasteiger partial charge in [-0.15, -0.1) is 0 Å². The molecule has 0 rings (SSSR count). The third kappa shape index (κ3) is 16.4. The van der Waals surface area contributed by atoms with Crippen LogP contribution in [0, 0.1) is 0 Å². The molecule has 0 amide bonds. The third-order valence-corrected chi connectivity index (χ3v) is 0.167. The number of hydrogen-bond acceptors (Lipinski definition) is 2. The molecular weight excluding hydrogens is 115 g/mol. The fourth-order valence-electron chi connectivity index (χ4n) is 0. The van der Waals surface area contributed by atoms with Crippen LogP contribution in [0.25, 0.3) is 0 Å². The summed E-state index contributed by atoms with van der Waals surface area (Å²) >= 11 is 0. The van der Waals surface area contributed by atoms with E-state index in [0.29, 0.717) is 13.1 Å². The van der Waals surface area contributed by atoms with Crippen LogP contribution in [0.15, 0.2) is 0 Å². The minimum Gasteiger partial charge on any atom is -1.00 e. The molecule has 0 aliphatic heterocycles. The first-order valence-electron chi connectivity index (χ1n) is 1.32. The molecule has 0 aromatic rings. The van der Waals surface area contributed by atoms with Crippen molar-refractivity contribution < 1.29 is 33.8 Å². The largest absolute Gasteiger partial charge is 2.00 e. The summed E-state index contributed by atoms with van der Waals surface area (Å²) < 4.78 is 0. The summed E-state index contributed by atoms with van der Waals surface area (Å²) in [5, 5.41) is 0. The molecule has 0 aromatic carbocycles. The summed E-state index contributed by atoms with van der Waals surface area (Å²) in [5.41, 5.74) is 9.81. The van der Waals surface area contributed by atoms with Crippen molar-refractivity contribution >= 4 is 37.7 Å². The van der Waals surface area contributed by atoms with E-state index in [0.717, 1.165) is 0 Å². The van der Waals surface area contributed by atoms with Gasteiger partial charge in [0.15, 0.2) is 0 Å². The zero-order valence-electron chi connectivity index (χ0n) is 7.28. The van der Waals surface area contributed by atoms with E-state index in [9.17, 15) is 0 Å². The topological polar surface area (TPSA) is 52.0 Å². The van der Waals surface area contributed by atoms with Gasteiger partial charge in [0, 0.05) is 13.1 Å². The van der Waals surface area contributed by atoms with Gasteiger partial charge in [0.2, 0.25) is 0 Å². The van der Waals surface area contributed by atoms with Crippen LogP contribution in [0.3, 0.4) is 0 Å². The van der Waals surface area contributed by atoms with Crippen molar-refractivity contribution in [1.82, 2.24) is 0 Å². The standard InChI is InChI=1S/C2H8N2.Ca.Na.3H/c3-1-2-4;;;;;/h1-4H2;;;;;/q;+2;+1;3*-1. The van der Waals surface area contributed by atoms with E-state index in [2.05, 4.69) is 0 Å². The molecule has 6 heavy (non-hydrogen) atoms. The molecule has 0 saturated heterocycles. The molecule has 0 heterocycles. The zero-order chi connectivity index (χ0) is 3.41. The molecule has 2 nitrogen and oxygen atoms in total. The van der Waals surface area contributed by atoms with Crippen molar-refractivity contribution in [3.05, 3.63) is 0 Å². The number of hydrogen-bond donors (Lipinski definition) is 2. The summed E-state index contributed by atoms with van der Waals surface area (Å²) in [7, 11) is 0. The van der Waals surface area contributed by atoms with E-state index in [4.69, 9.17) is 11.5 Å². The minimum atomic E-state index is 0. The van der Waals surface area contributed by atoms with Gasteiger partial charge in [-0.1, -0.05) is 0 Å². The predicted octanol–water partition coefficient (Wildman–Crippen LogP) is -4.14. The van der Waals surface area contributed by atoms with E-state index in [1.165, 1.54) is 0 Å². The quantitative estimate of drug-likeness (QED) is 0.351. The van der Waals surface area contributed by atoms with E-state index >= 15 is 0 Å². The van der Waals surface area contributed by atoms with Crippen LogP contribution in [0.5, 0.6) is 0 Å². The average molecular weight is 126 g/mol. The van der Waals surface area contributed by atoms with Gasteiger partial charge in [-0.3, -0.25) is 0 Å². The molecular formula is C2H11CaN2Na. The monoisotopic (exact) mass is 126 g/mol. The predicted molar refractivity (Wildman–Crippen MR) is 27.2 cm³/mol. The Morgan fingerprint density at radius 2 is 1.33 bits per heavy atom. The number of nitrogens with two attached hydrogens (primary N) is 2. The Morgan fingerprint density at radius 1 is 1.17 bits per heavy atom. The second-order valence-electron chi connectivity index (χ2n) is 0.577. The molecule has 0 fully saturated rings. The molecule has 0 atom stereocenters. The van der Waals surface area contributed by atoms with Crippen molar-refractivity contribution in [2.24, 2.45) is 11.5 Å². The summed E-state index contributed by atoms with van der Waals surface area (Å²) in [5.74, 6) is 0. The van der Waals surface area contributed by atoms with Gasteiger partial charge in [0.1, 0.15) is 0 Å². The van der Waals surface area contributed by atoms with Crippen LogP contribution < -0.4 is 41.0 Å². The fourth-order valence-corrected chi connectivity index (χ4v) is 0. The Bertz CT molecular complexity index is 21.8. The van der Waals surface area contributed by atoms with Gasteiger partial charge in [-0.25, -0.2) is 0 Å². The molecule has 0 spiro atoms. The van der Waals surface area contributed by atoms with Crippen molar-refractivity contribution in [2.45, 2.75) is 0 Å². The molecule has 4 N–H and O–H groups in total. The Hall–Kier alpha value is 2.18. The molecule has 4 heteroatoms. The van der Waals surface area contributed by atoms with Gasteiger partial charge in [0.05, 0.1) is 0 Å². The maximum Gasteiger partial charge on any atom is 2.00 e. The zero-order valence-corrected chi connectivity index (χ0v) is 8.48. The summed E-state index contributed by atoms with van der Waals surface area (Å²) in [6.45, 7) is 1.19. The maximum absolute atomic E-state index is 4.90. The summed E-state index contributed by atoms with van der Waals surface area (Å²) in [6.07, 6.45) is 0. The molecule has 0 saturated carbocycles. The smallest absolute Gasteiger partial charge is 1.00 e. The van der Waals surface area contributed by atoms with Crippen LogP contribution in [-0.4, -0.2) is 50.8 Å². The molecule has 0 unspecified atom stereocenters. The molecule has 0 radical (unpaired) electrons. The minimum absolute atomic E-state index is 0. The summed E-state index contributed by atoms with van der Waals surface area (Å²) in [6, 6.07) is 0. The van der Waals surface area contributed by atoms with Gasteiger partial charge in [-0.2, -0.15) is 0 Å². The molecule has 0 bridgehead atoms. The van der Waals surface area contributed by atoms with Crippen LogP contribution in [0.1, 0.15) is 4.28 Å². The average Bonchev–Trinajstić information content (AvgIpc) is 1.37. The van der Waals surface area contributed by atoms with Crippen LogP contribution >= 0.6 is 0 Å². The van der Waals surface area contributed by atoms with Gasteiger partial charge >= 0.3 is 67.3 Å². The van der Waals surface area contributed by atoms with Crippen molar-refractivity contribution in [1.29, 1.82) is 0 Å². The van der Waals surface area contributed by atoms with Crippen molar-refractivity contribution in [3.63, 3.8) is 0 Å². The van der Waals surface area contributed by atoms with Gasteiger partial charge < -0.3 is 15.7 Å². The molecule has 0 aromatic heterocycles. The van der Waals surface area contributed by atoms with Crippen LogP contribution in [0.4, 0.5) is 0 Å². The Morgan fingerprint density at radius 3 is 1.33 bits per heavy atom. The van der Waals surface area contributed by atoms with Crippen LogP contribution in [-0.2, 0) is 0 Å². The third-order valence-electron chi connectivity index (χ3n) is 0.167. The van der Waals surface area contributed by atoms with Gasteiger partial charge in [0.25, 0.3) is 0 Å². The molecule has 0 aliphatic carbocycles. The van der Waals surface area contributed by atoms with Gasteiger partial charge in [-0.05, 0) is 0 Å². The Labute approximate surface area is 94.8 Å². The van der Waals surface area contributed by atoms with E-state index < -0.39 is 0 Å². The van der Waals surface area contributed by atoms with Crippen LogP contribution in [0.2, 0.25) is 0 Å². The first kappa shape index (κ1) is 15.7. The Kier molecular flexibility index (Phi) is 41.1. The van der Waals surface area contributed by atoms with Crippen molar-refractivity contribution in [3.8, 4) is 0 Å². The normalized spacial score (nSPS) is 5.00. The number of rotatable bonds is 1. The second-order valence-corrected chi connectivity index (χ2v) is 0.577. The van der Waals surface area contributed by atoms with E-state index in [-0.39, 0.29) is 71.6 Å². The molecule has 32 valence electrons. The molecule has 0 aliphatic rings. The SMILES string of the molecule is NCCN.[Ca+2].[H-].[H-].[H-].[Na+]. The maximum atomic E-state index is 4.90. The fraction of sp³-hybridized carbons (Fsp3) is 1.00.